The SMILES string of the molecule is COCCN=c1scc(-c2ccc(Cl)cc2)n1N=Cc1ccc2c(c1)OCO2. The summed E-state index contributed by atoms with van der Waals surface area (Å²) in [6, 6.07) is 13.4. The zero-order valence-electron chi connectivity index (χ0n) is 15.2. The van der Waals surface area contributed by atoms with E-state index in [0.29, 0.717) is 18.2 Å². The molecule has 0 atom stereocenters. The Bertz CT molecular complexity index is 1060. The summed E-state index contributed by atoms with van der Waals surface area (Å²) in [6.45, 7) is 1.37. The van der Waals surface area contributed by atoms with Crippen LogP contribution in [0.2, 0.25) is 5.02 Å². The number of aromatic nitrogens is 1. The molecule has 0 saturated heterocycles. The Morgan fingerprint density at radius 1 is 1.18 bits per heavy atom. The summed E-state index contributed by atoms with van der Waals surface area (Å²) < 4.78 is 17.7. The molecule has 0 aliphatic carbocycles. The summed E-state index contributed by atoms with van der Waals surface area (Å²) in [5, 5.41) is 7.41. The second kappa shape index (κ2) is 8.60. The van der Waals surface area contributed by atoms with Crippen molar-refractivity contribution in [1.29, 1.82) is 0 Å². The molecule has 1 aromatic heterocycles. The molecule has 0 N–H and O–H groups in total. The highest BCUT2D eigenvalue weighted by atomic mass is 35.5. The van der Waals surface area contributed by atoms with Gasteiger partial charge in [0.25, 0.3) is 0 Å². The largest absolute Gasteiger partial charge is 0.454 e. The predicted molar refractivity (Wildman–Crippen MR) is 111 cm³/mol. The molecule has 0 amide bonds. The van der Waals surface area contributed by atoms with Gasteiger partial charge in [0.2, 0.25) is 11.6 Å². The Hall–Kier alpha value is -2.61. The van der Waals surface area contributed by atoms with Crippen LogP contribution < -0.4 is 14.3 Å². The molecule has 0 bridgehead atoms. The van der Waals surface area contributed by atoms with Crippen LogP contribution in [-0.4, -0.2) is 37.9 Å². The van der Waals surface area contributed by atoms with Crippen LogP contribution in [0.15, 0.2) is 57.9 Å². The molecule has 8 heteroatoms. The van der Waals surface area contributed by atoms with Crippen LogP contribution in [0.3, 0.4) is 0 Å². The van der Waals surface area contributed by atoms with E-state index in [0.717, 1.165) is 33.1 Å². The van der Waals surface area contributed by atoms with Gasteiger partial charge in [-0.2, -0.15) is 5.10 Å². The Morgan fingerprint density at radius 2 is 2.00 bits per heavy atom. The summed E-state index contributed by atoms with van der Waals surface area (Å²) in [7, 11) is 1.66. The van der Waals surface area contributed by atoms with Crippen molar-refractivity contribution in [2.24, 2.45) is 10.1 Å². The molecule has 2 aromatic carbocycles. The number of methoxy groups -OCH3 is 1. The highest BCUT2D eigenvalue weighted by Crippen LogP contribution is 2.32. The van der Waals surface area contributed by atoms with Crippen LogP contribution in [-0.2, 0) is 4.74 Å². The smallest absolute Gasteiger partial charge is 0.231 e. The molecular formula is C20H18ClN3O3S. The number of hydrogen-bond acceptors (Lipinski definition) is 6. The van der Waals surface area contributed by atoms with Crippen LogP contribution in [0.4, 0.5) is 0 Å². The summed E-state index contributed by atoms with van der Waals surface area (Å²) in [5.74, 6) is 1.47. The van der Waals surface area contributed by atoms with Gasteiger partial charge in [-0.3, -0.25) is 4.99 Å². The lowest BCUT2D eigenvalue weighted by Gasteiger charge is -2.04. The minimum atomic E-state index is 0.248. The number of benzene rings is 2. The minimum absolute atomic E-state index is 0.248. The number of ether oxygens (including phenoxy) is 3. The zero-order chi connectivity index (χ0) is 19.3. The summed E-state index contributed by atoms with van der Waals surface area (Å²) in [4.78, 5) is 5.39. The Morgan fingerprint density at radius 3 is 2.82 bits per heavy atom. The molecule has 144 valence electrons. The molecule has 0 fully saturated rings. The van der Waals surface area contributed by atoms with Gasteiger partial charge in [0, 0.05) is 23.1 Å². The van der Waals surface area contributed by atoms with Gasteiger partial charge in [-0.05, 0) is 35.9 Å². The quantitative estimate of drug-likeness (QED) is 0.451. The van der Waals surface area contributed by atoms with Crippen LogP contribution in [0.25, 0.3) is 11.3 Å². The molecule has 1 aliphatic rings. The van der Waals surface area contributed by atoms with Gasteiger partial charge < -0.3 is 14.2 Å². The molecule has 0 spiro atoms. The third-order valence-electron chi connectivity index (χ3n) is 4.09. The van der Waals surface area contributed by atoms with Gasteiger partial charge in [0.1, 0.15) is 0 Å². The van der Waals surface area contributed by atoms with E-state index in [4.69, 9.17) is 25.8 Å². The van der Waals surface area contributed by atoms with Crippen LogP contribution in [0, 0.1) is 0 Å². The van der Waals surface area contributed by atoms with Crippen molar-refractivity contribution in [2.75, 3.05) is 27.1 Å². The van der Waals surface area contributed by atoms with Crippen molar-refractivity contribution in [3.8, 4) is 22.8 Å². The molecule has 1 aliphatic heterocycles. The molecule has 0 saturated carbocycles. The summed E-state index contributed by atoms with van der Waals surface area (Å²) in [6.07, 6.45) is 1.78. The van der Waals surface area contributed by atoms with Gasteiger partial charge in [0.05, 0.1) is 25.1 Å². The third-order valence-corrected chi connectivity index (χ3v) is 5.19. The fraction of sp³-hybridized carbons (Fsp3) is 0.200. The van der Waals surface area contributed by atoms with Crippen LogP contribution in [0.1, 0.15) is 5.56 Å². The third kappa shape index (κ3) is 4.11. The molecule has 4 rings (SSSR count). The van der Waals surface area contributed by atoms with E-state index in [9.17, 15) is 0 Å². The number of thiazole rings is 1. The monoisotopic (exact) mass is 415 g/mol. The number of rotatable bonds is 6. The normalized spacial score (nSPS) is 13.6. The molecule has 3 aromatic rings. The Kier molecular flexibility index (Phi) is 5.76. The van der Waals surface area contributed by atoms with E-state index in [1.54, 1.807) is 13.3 Å². The lowest BCUT2D eigenvalue weighted by Crippen LogP contribution is -2.13. The number of fused-ring (bicyclic) bond motifs is 1. The first-order chi connectivity index (χ1) is 13.7. The highest BCUT2D eigenvalue weighted by molar-refractivity contribution is 7.07. The lowest BCUT2D eigenvalue weighted by atomic mass is 10.2. The first-order valence-electron chi connectivity index (χ1n) is 8.64. The van der Waals surface area contributed by atoms with E-state index in [1.807, 2.05) is 52.5 Å². The van der Waals surface area contributed by atoms with Gasteiger partial charge >= 0.3 is 0 Å². The van der Waals surface area contributed by atoms with Crippen LogP contribution >= 0.6 is 22.9 Å². The number of nitrogens with zero attached hydrogens (tertiary/aromatic N) is 3. The van der Waals surface area contributed by atoms with Gasteiger partial charge in [0.15, 0.2) is 11.5 Å². The van der Waals surface area contributed by atoms with E-state index in [1.165, 1.54) is 11.3 Å². The first-order valence-corrected chi connectivity index (χ1v) is 9.90. The highest BCUT2D eigenvalue weighted by Gasteiger charge is 2.13. The van der Waals surface area contributed by atoms with Crippen molar-refractivity contribution in [2.45, 2.75) is 0 Å². The van der Waals surface area contributed by atoms with E-state index >= 15 is 0 Å². The maximum atomic E-state index is 6.03. The number of halogens is 1. The van der Waals surface area contributed by atoms with Crippen LogP contribution in [0.5, 0.6) is 11.5 Å². The minimum Gasteiger partial charge on any atom is -0.454 e. The molecule has 28 heavy (non-hydrogen) atoms. The average molecular weight is 416 g/mol. The molecule has 2 heterocycles. The second-order valence-electron chi connectivity index (χ2n) is 5.95. The summed E-state index contributed by atoms with van der Waals surface area (Å²) >= 11 is 7.56. The Labute approximate surface area is 171 Å². The maximum Gasteiger partial charge on any atom is 0.231 e. The molecule has 0 unspecified atom stereocenters. The van der Waals surface area contributed by atoms with E-state index < -0.39 is 0 Å². The van der Waals surface area contributed by atoms with E-state index in [-0.39, 0.29) is 6.79 Å². The second-order valence-corrected chi connectivity index (χ2v) is 7.23. The van der Waals surface area contributed by atoms with E-state index in [2.05, 4.69) is 10.1 Å². The fourth-order valence-corrected chi connectivity index (χ4v) is 3.68. The van der Waals surface area contributed by atoms with Gasteiger partial charge in [-0.25, -0.2) is 4.68 Å². The van der Waals surface area contributed by atoms with Crippen molar-refractivity contribution in [3.63, 3.8) is 0 Å². The molecule has 0 radical (unpaired) electrons. The summed E-state index contributed by atoms with van der Waals surface area (Å²) in [5.41, 5.74) is 2.86. The average Bonchev–Trinajstić information content (AvgIpc) is 3.33. The zero-order valence-corrected chi connectivity index (χ0v) is 16.7. The topological polar surface area (TPSA) is 57.3 Å². The van der Waals surface area contributed by atoms with Crippen molar-refractivity contribution in [1.82, 2.24) is 4.68 Å². The molecular weight excluding hydrogens is 398 g/mol. The molecule has 6 nitrogen and oxygen atoms in total. The lowest BCUT2D eigenvalue weighted by molar-refractivity contribution is 0.174. The van der Waals surface area contributed by atoms with Gasteiger partial charge in [-0.1, -0.05) is 23.7 Å². The van der Waals surface area contributed by atoms with Gasteiger partial charge in [-0.15, -0.1) is 11.3 Å². The number of hydrogen-bond donors (Lipinski definition) is 0. The Balaban J connectivity index is 1.71. The van der Waals surface area contributed by atoms with Crippen molar-refractivity contribution < 1.29 is 14.2 Å². The van der Waals surface area contributed by atoms with Crippen molar-refractivity contribution in [3.05, 3.63) is 63.2 Å². The van der Waals surface area contributed by atoms with Crippen molar-refractivity contribution >= 4 is 29.2 Å². The standard InChI is InChI=1S/C20H18ClN3O3S/c1-25-9-8-22-20-24(17(12-28-20)15-3-5-16(21)6-4-15)23-11-14-2-7-18-19(10-14)27-13-26-18/h2-7,10-12H,8-9,13H2,1H3. The predicted octanol–water partition coefficient (Wildman–Crippen LogP) is 4.03. The fourth-order valence-electron chi connectivity index (χ4n) is 2.69. The first kappa shape index (κ1) is 18.7. The maximum absolute atomic E-state index is 6.03.